The summed E-state index contributed by atoms with van der Waals surface area (Å²) in [5, 5.41) is 13.4. The van der Waals surface area contributed by atoms with Crippen LogP contribution in [0, 0.1) is 11.3 Å². The molecule has 1 saturated heterocycles. The maximum absolute atomic E-state index is 15.0. The van der Waals surface area contributed by atoms with Gasteiger partial charge in [0.25, 0.3) is 0 Å². The Kier molecular flexibility index (Phi) is 5.48. The first-order chi connectivity index (χ1) is 16.9. The minimum atomic E-state index is -3.18. The van der Waals surface area contributed by atoms with Crippen LogP contribution in [-0.2, 0) is 0 Å². The topological polar surface area (TPSA) is 124 Å². The van der Waals surface area contributed by atoms with Crippen LogP contribution in [0.5, 0.6) is 17.8 Å². The molecule has 4 aromatic rings. The lowest BCUT2D eigenvalue weighted by Crippen LogP contribution is -2.36. The molecular weight excluding hydrogens is 462 g/mol. The Balaban J connectivity index is 1.50. The van der Waals surface area contributed by atoms with Crippen molar-refractivity contribution in [3.63, 3.8) is 0 Å². The highest BCUT2D eigenvalue weighted by Crippen LogP contribution is 2.37. The second kappa shape index (κ2) is 8.64. The van der Waals surface area contributed by atoms with Crippen LogP contribution in [0.4, 0.5) is 14.5 Å². The molecule has 178 valence electrons. The number of nitrogens with zero attached hydrogens (tertiary/aromatic N) is 8. The number of hydrogen-bond donors (Lipinski definition) is 0. The van der Waals surface area contributed by atoms with Gasteiger partial charge in [0.05, 0.1) is 44.1 Å². The summed E-state index contributed by atoms with van der Waals surface area (Å²) in [5.41, 5.74) is 1.98. The Morgan fingerprint density at radius 3 is 2.71 bits per heavy atom. The molecule has 5 rings (SSSR count). The van der Waals surface area contributed by atoms with Crippen molar-refractivity contribution in [2.75, 3.05) is 32.2 Å². The second-order valence-corrected chi connectivity index (χ2v) is 7.63. The molecule has 0 spiro atoms. The van der Waals surface area contributed by atoms with E-state index in [0.717, 1.165) is 0 Å². The van der Waals surface area contributed by atoms with Gasteiger partial charge in [-0.15, -0.1) is 0 Å². The highest BCUT2D eigenvalue weighted by Gasteiger charge is 2.51. The molecule has 35 heavy (non-hydrogen) atoms. The molecule has 0 radical (unpaired) electrons. The number of fused-ring (bicyclic) bond motifs is 1. The Labute approximate surface area is 197 Å². The fourth-order valence-electron chi connectivity index (χ4n) is 3.77. The maximum atomic E-state index is 15.0. The zero-order valence-corrected chi connectivity index (χ0v) is 18.6. The molecule has 1 fully saturated rings. The van der Waals surface area contributed by atoms with Crippen LogP contribution in [0.15, 0.2) is 43.0 Å². The summed E-state index contributed by atoms with van der Waals surface area (Å²) in [5.74, 6) is -2.95. The van der Waals surface area contributed by atoms with E-state index in [9.17, 15) is 8.78 Å². The Morgan fingerprint density at radius 2 is 2.00 bits per heavy atom. The number of hydrogen-bond acceptors (Lipinski definition) is 10. The second-order valence-electron chi connectivity index (χ2n) is 7.63. The number of methoxy groups -OCH3 is 2. The summed E-state index contributed by atoms with van der Waals surface area (Å²) in [6.45, 7) is -0.729. The summed E-state index contributed by atoms with van der Waals surface area (Å²) < 4.78 is 47.4. The minimum absolute atomic E-state index is 0.0111. The molecule has 1 aliphatic rings. The summed E-state index contributed by atoms with van der Waals surface area (Å²) in [7, 11) is 2.88. The molecular formula is C22H18F2N8O3. The van der Waals surface area contributed by atoms with Crippen LogP contribution in [0.25, 0.3) is 16.9 Å². The van der Waals surface area contributed by atoms with E-state index in [1.54, 1.807) is 12.3 Å². The molecule has 0 amide bonds. The first kappa shape index (κ1) is 22.2. The van der Waals surface area contributed by atoms with E-state index >= 15 is 0 Å². The Morgan fingerprint density at radius 1 is 1.14 bits per heavy atom. The van der Waals surface area contributed by atoms with Crippen molar-refractivity contribution in [3.05, 3.63) is 48.5 Å². The molecule has 0 aliphatic carbocycles. The molecule has 11 nitrogen and oxygen atoms in total. The lowest BCUT2D eigenvalue weighted by molar-refractivity contribution is -0.0608. The number of alkyl halides is 2. The Hall–Kier alpha value is -4.60. The van der Waals surface area contributed by atoms with Gasteiger partial charge in [-0.25, -0.2) is 28.2 Å². The number of rotatable bonds is 6. The molecule has 0 N–H and O–H groups in total. The predicted molar refractivity (Wildman–Crippen MR) is 118 cm³/mol. The van der Waals surface area contributed by atoms with Crippen LogP contribution in [0.1, 0.15) is 5.56 Å². The SMILES string of the molecule is COc1ncc(-c2cc(N3CC(Oc4ccc(C#N)cn4)C(F)(F)C3)c3nccn3n2)c(OC)n1. The normalized spacial score (nSPS) is 16.8. The molecule has 13 heteroatoms. The van der Waals surface area contributed by atoms with Crippen LogP contribution in [0.2, 0.25) is 0 Å². The van der Waals surface area contributed by atoms with Crippen LogP contribution >= 0.6 is 0 Å². The van der Waals surface area contributed by atoms with Gasteiger partial charge in [0, 0.05) is 30.9 Å². The van der Waals surface area contributed by atoms with Crippen molar-refractivity contribution in [2.45, 2.75) is 12.0 Å². The van der Waals surface area contributed by atoms with Crippen molar-refractivity contribution in [1.29, 1.82) is 5.26 Å². The molecule has 0 saturated carbocycles. The van der Waals surface area contributed by atoms with E-state index < -0.39 is 18.6 Å². The highest BCUT2D eigenvalue weighted by atomic mass is 19.3. The van der Waals surface area contributed by atoms with Crippen molar-refractivity contribution < 1.29 is 23.0 Å². The molecule has 1 aliphatic heterocycles. The van der Waals surface area contributed by atoms with Gasteiger partial charge in [-0.1, -0.05) is 0 Å². The van der Waals surface area contributed by atoms with Crippen LogP contribution in [-0.4, -0.2) is 68.9 Å². The number of ether oxygens (including phenoxy) is 3. The summed E-state index contributed by atoms with van der Waals surface area (Å²) in [6.07, 6.45) is 4.43. The first-order valence-corrected chi connectivity index (χ1v) is 10.4. The van der Waals surface area contributed by atoms with Gasteiger partial charge in [0.2, 0.25) is 11.8 Å². The third kappa shape index (κ3) is 4.10. The quantitative estimate of drug-likeness (QED) is 0.406. The zero-order valence-electron chi connectivity index (χ0n) is 18.6. The molecule has 0 aromatic carbocycles. The summed E-state index contributed by atoms with van der Waals surface area (Å²) in [6, 6.07) is 6.53. The van der Waals surface area contributed by atoms with Crippen LogP contribution < -0.4 is 19.1 Å². The summed E-state index contributed by atoms with van der Waals surface area (Å²) >= 11 is 0. The zero-order chi connectivity index (χ0) is 24.6. The predicted octanol–water partition coefficient (Wildman–Crippen LogP) is 2.37. The standard InChI is InChI=1S/C22H18F2N8O3/c1-33-20-14(10-28-21(29-20)34-2)15-7-16(19-26-5-6-32(19)30-15)31-11-17(22(23,24)12-31)35-18-4-3-13(8-25)9-27-18/h3-7,9-10,17H,11-12H2,1-2H3. The first-order valence-electron chi connectivity index (χ1n) is 10.4. The third-order valence-electron chi connectivity index (χ3n) is 5.45. The van der Waals surface area contributed by atoms with Gasteiger partial charge in [0.1, 0.15) is 11.8 Å². The number of anilines is 1. The van der Waals surface area contributed by atoms with E-state index in [-0.39, 0.29) is 24.3 Å². The molecule has 1 unspecified atom stereocenters. The number of pyridine rings is 1. The van der Waals surface area contributed by atoms with Gasteiger partial charge in [0.15, 0.2) is 11.8 Å². The van der Waals surface area contributed by atoms with E-state index in [4.69, 9.17) is 19.5 Å². The summed E-state index contributed by atoms with van der Waals surface area (Å²) in [4.78, 5) is 18.0. The number of imidazole rings is 1. The molecule has 4 aromatic heterocycles. The monoisotopic (exact) mass is 480 g/mol. The van der Waals surface area contributed by atoms with E-state index in [2.05, 4.69) is 25.0 Å². The molecule has 0 bridgehead atoms. The maximum Gasteiger partial charge on any atom is 0.319 e. The van der Waals surface area contributed by atoms with Crippen LogP contribution in [0.3, 0.4) is 0 Å². The largest absolute Gasteiger partial charge is 0.480 e. The van der Waals surface area contributed by atoms with Gasteiger partial charge in [-0.3, -0.25) is 0 Å². The van der Waals surface area contributed by atoms with Gasteiger partial charge >= 0.3 is 11.9 Å². The van der Waals surface area contributed by atoms with Gasteiger partial charge < -0.3 is 19.1 Å². The minimum Gasteiger partial charge on any atom is -0.480 e. The number of halogens is 2. The lowest BCUT2D eigenvalue weighted by Gasteiger charge is -2.19. The van der Waals surface area contributed by atoms with Crippen molar-refractivity contribution in [3.8, 4) is 35.1 Å². The molecule has 1 atom stereocenters. The van der Waals surface area contributed by atoms with Crippen molar-refractivity contribution in [2.24, 2.45) is 0 Å². The van der Waals surface area contributed by atoms with E-state index in [1.165, 1.54) is 54.4 Å². The molecule has 5 heterocycles. The van der Waals surface area contributed by atoms with Gasteiger partial charge in [-0.05, 0) is 12.1 Å². The fraction of sp³-hybridized carbons (Fsp3) is 0.273. The number of nitriles is 1. The smallest absolute Gasteiger partial charge is 0.319 e. The fourth-order valence-corrected chi connectivity index (χ4v) is 3.77. The highest BCUT2D eigenvalue weighted by molar-refractivity contribution is 5.76. The lowest BCUT2D eigenvalue weighted by atomic mass is 10.2. The average molecular weight is 480 g/mol. The van der Waals surface area contributed by atoms with E-state index in [0.29, 0.717) is 28.2 Å². The number of aromatic nitrogens is 6. The van der Waals surface area contributed by atoms with Crippen molar-refractivity contribution >= 4 is 11.3 Å². The third-order valence-corrected chi connectivity index (χ3v) is 5.45. The van der Waals surface area contributed by atoms with E-state index in [1.807, 2.05) is 6.07 Å². The van der Waals surface area contributed by atoms with Gasteiger partial charge in [-0.2, -0.15) is 15.3 Å². The Bertz CT molecular complexity index is 1420. The average Bonchev–Trinajstić information content (AvgIpc) is 3.47. The van der Waals surface area contributed by atoms with Crippen molar-refractivity contribution in [1.82, 2.24) is 29.5 Å².